The number of carbonyl (C=O) groups is 1. The molecule has 2 rings (SSSR count). The van der Waals surface area contributed by atoms with Gasteiger partial charge in [0.1, 0.15) is 5.01 Å². The van der Waals surface area contributed by atoms with Gasteiger partial charge in [-0.15, -0.1) is 10.2 Å². The van der Waals surface area contributed by atoms with Crippen LogP contribution in [-0.2, 0) is 4.79 Å². The van der Waals surface area contributed by atoms with Gasteiger partial charge in [-0.3, -0.25) is 10.1 Å². The van der Waals surface area contributed by atoms with Crippen molar-refractivity contribution in [3.8, 4) is 11.5 Å². The Hall–Kier alpha value is -2.15. The maximum absolute atomic E-state index is 11.9. The number of benzene rings is 1. The number of aromatic nitrogens is 2. The molecule has 0 aliphatic carbocycles. The van der Waals surface area contributed by atoms with E-state index in [1.54, 1.807) is 13.2 Å². The van der Waals surface area contributed by atoms with E-state index in [0.717, 1.165) is 10.6 Å². The highest BCUT2D eigenvalue weighted by molar-refractivity contribution is 7.15. The van der Waals surface area contributed by atoms with E-state index in [-0.39, 0.29) is 18.4 Å². The summed E-state index contributed by atoms with van der Waals surface area (Å²) in [6, 6.07) is 5.53. The highest BCUT2D eigenvalue weighted by atomic mass is 32.1. The average molecular weight is 321 g/mol. The minimum atomic E-state index is -0.283. The zero-order valence-electron chi connectivity index (χ0n) is 13.0. The Bertz CT molecular complexity index is 655. The first-order valence-electron chi connectivity index (χ1n) is 6.90. The molecule has 2 aromatic rings. The second-order valence-corrected chi connectivity index (χ2v) is 6.10. The number of carbonyl (C=O) groups excluding carboxylic acids is 1. The molecule has 0 aliphatic heterocycles. The van der Waals surface area contributed by atoms with Crippen LogP contribution in [0.5, 0.6) is 11.5 Å². The normalized spacial score (nSPS) is 10.6. The number of methoxy groups -OCH3 is 1. The Balaban J connectivity index is 1.92. The predicted molar refractivity (Wildman–Crippen MR) is 85.9 cm³/mol. The third kappa shape index (κ3) is 4.17. The largest absolute Gasteiger partial charge is 0.493 e. The van der Waals surface area contributed by atoms with Crippen molar-refractivity contribution in [1.82, 2.24) is 10.2 Å². The minimum Gasteiger partial charge on any atom is -0.493 e. The topological polar surface area (TPSA) is 73.3 Å². The molecule has 22 heavy (non-hydrogen) atoms. The van der Waals surface area contributed by atoms with Crippen LogP contribution >= 0.6 is 11.3 Å². The monoisotopic (exact) mass is 321 g/mol. The molecule has 0 unspecified atom stereocenters. The van der Waals surface area contributed by atoms with Crippen LogP contribution in [0, 0.1) is 6.92 Å². The summed E-state index contributed by atoms with van der Waals surface area (Å²) >= 11 is 1.37. The Morgan fingerprint density at radius 2 is 2.09 bits per heavy atom. The Kier molecular flexibility index (Phi) is 5.32. The first-order valence-corrected chi connectivity index (χ1v) is 7.72. The zero-order chi connectivity index (χ0) is 16.1. The summed E-state index contributed by atoms with van der Waals surface area (Å²) in [6.07, 6.45) is 0. The van der Waals surface area contributed by atoms with Crippen LogP contribution in [-0.4, -0.2) is 29.8 Å². The van der Waals surface area contributed by atoms with E-state index < -0.39 is 0 Å². The molecule has 1 aromatic heterocycles. The lowest BCUT2D eigenvalue weighted by molar-refractivity contribution is -0.118. The van der Waals surface area contributed by atoms with Crippen molar-refractivity contribution in [2.45, 2.75) is 26.7 Å². The van der Waals surface area contributed by atoms with E-state index in [4.69, 9.17) is 9.47 Å². The first-order chi connectivity index (χ1) is 10.5. The Morgan fingerprint density at radius 3 is 2.73 bits per heavy atom. The molecule has 1 amide bonds. The Morgan fingerprint density at radius 1 is 1.32 bits per heavy atom. The van der Waals surface area contributed by atoms with E-state index in [2.05, 4.69) is 15.5 Å². The number of nitrogens with zero attached hydrogens (tertiary/aromatic N) is 2. The van der Waals surface area contributed by atoms with Gasteiger partial charge in [-0.1, -0.05) is 31.3 Å². The maximum atomic E-state index is 11.9. The van der Waals surface area contributed by atoms with E-state index in [1.165, 1.54) is 11.3 Å². The summed E-state index contributed by atoms with van der Waals surface area (Å²) in [5, 5.41) is 12.0. The molecule has 1 aromatic carbocycles. The van der Waals surface area contributed by atoms with Gasteiger partial charge in [-0.2, -0.15) is 0 Å². The molecular formula is C15H19N3O3S. The van der Waals surface area contributed by atoms with Gasteiger partial charge in [-0.25, -0.2) is 0 Å². The fourth-order valence-corrected chi connectivity index (χ4v) is 2.47. The summed E-state index contributed by atoms with van der Waals surface area (Å²) in [4.78, 5) is 11.9. The lowest BCUT2D eigenvalue weighted by Gasteiger charge is -2.10. The molecule has 0 radical (unpaired) electrons. The molecule has 0 fully saturated rings. The van der Waals surface area contributed by atoms with Crippen LogP contribution in [0.15, 0.2) is 18.2 Å². The van der Waals surface area contributed by atoms with E-state index in [9.17, 15) is 4.79 Å². The van der Waals surface area contributed by atoms with Crippen molar-refractivity contribution >= 4 is 22.4 Å². The van der Waals surface area contributed by atoms with Crippen molar-refractivity contribution in [3.05, 3.63) is 28.8 Å². The molecule has 0 saturated heterocycles. The second kappa shape index (κ2) is 7.22. The molecule has 118 valence electrons. The number of aryl methyl sites for hydroxylation is 1. The predicted octanol–water partition coefficient (Wildman–Crippen LogP) is 3.00. The van der Waals surface area contributed by atoms with E-state index in [0.29, 0.717) is 16.6 Å². The van der Waals surface area contributed by atoms with Gasteiger partial charge in [0.2, 0.25) is 5.13 Å². The minimum absolute atomic E-state index is 0.115. The molecule has 0 bridgehead atoms. The van der Waals surface area contributed by atoms with Gasteiger partial charge in [-0.05, 0) is 24.6 Å². The van der Waals surface area contributed by atoms with E-state index >= 15 is 0 Å². The van der Waals surface area contributed by atoms with Crippen LogP contribution < -0.4 is 14.8 Å². The fourth-order valence-electron chi connectivity index (χ4n) is 1.71. The van der Waals surface area contributed by atoms with Crippen molar-refractivity contribution in [1.29, 1.82) is 0 Å². The molecule has 0 atom stereocenters. The van der Waals surface area contributed by atoms with Gasteiger partial charge < -0.3 is 9.47 Å². The molecule has 1 N–H and O–H groups in total. The van der Waals surface area contributed by atoms with Gasteiger partial charge in [0.05, 0.1) is 7.11 Å². The number of rotatable bonds is 6. The first kappa shape index (κ1) is 16.2. The molecular weight excluding hydrogens is 302 g/mol. The quantitative estimate of drug-likeness (QED) is 0.885. The van der Waals surface area contributed by atoms with Gasteiger partial charge in [0.15, 0.2) is 18.1 Å². The highest BCUT2D eigenvalue weighted by Crippen LogP contribution is 2.28. The summed E-state index contributed by atoms with van der Waals surface area (Å²) in [6.45, 7) is 5.90. The lowest BCUT2D eigenvalue weighted by Crippen LogP contribution is -2.20. The third-order valence-corrected chi connectivity index (χ3v) is 4.00. The molecule has 0 saturated carbocycles. The number of anilines is 1. The summed E-state index contributed by atoms with van der Waals surface area (Å²) < 4.78 is 10.7. The highest BCUT2D eigenvalue weighted by Gasteiger charge is 2.12. The van der Waals surface area contributed by atoms with Crippen LogP contribution in [0.1, 0.15) is 30.3 Å². The molecule has 0 spiro atoms. The Labute approximate surface area is 133 Å². The molecule has 7 heteroatoms. The van der Waals surface area contributed by atoms with Crippen molar-refractivity contribution < 1.29 is 14.3 Å². The molecule has 0 aliphatic rings. The third-order valence-electron chi connectivity index (χ3n) is 2.86. The average Bonchev–Trinajstić information content (AvgIpc) is 2.94. The fraction of sp³-hybridized carbons (Fsp3) is 0.400. The van der Waals surface area contributed by atoms with Crippen LogP contribution in [0.2, 0.25) is 0 Å². The van der Waals surface area contributed by atoms with Crippen LogP contribution in [0.25, 0.3) is 0 Å². The standard InChI is InChI=1S/C15H19N3O3S/c1-9(2)14-17-18-15(22-14)16-13(19)8-21-11-6-5-10(3)7-12(11)20-4/h5-7,9H,8H2,1-4H3,(H,16,18,19). The van der Waals surface area contributed by atoms with Gasteiger partial charge in [0, 0.05) is 5.92 Å². The molecule has 6 nitrogen and oxygen atoms in total. The lowest BCUT2D eigenvalue weighted by atomic mass is 10.2. The second-order valence-electron chi connectivity index (χ2n) is 5.09. The van der Waals surface area contributed by atoms with Crippen molar-refractivity contribution in [2.75, 3.05) is 19.0 Å². The van der Waals surface area contributed by atoms with Crippen LogP contribution in [0.3, 0.4) is 0 Å². The smallest absolute Gasteiger partial charge is 0.264 e. The summed E-state index contributed by atoms with van der Waals surface area (Å²) in [7, 11) is 1.57. The number of ether oxygens (including phenoxy) is 2. The number of hydrogen-bond donors (Lipinski definition) is 1. The van der Waals surface area contributed by atoms with Crippen LogP contribution in [0.4, 0.5) is 5.13 Å². The summed E-state index contributed by atoms with van der Waals surface area (Å²) in [5.74, 6) is 1.14. The zero-order valence-corrected chi connectivity index (χ0v) is 13.9. The number of amides is 1. The SMILES string of the molecule is COc1cc(C)ccc1OCC(=O)Nc1nnc(C(C)C)s1. The van der Waals surface area contributed by atoms with Crippen molar-refractivity contribution in [3.63, 3.8) is 0 Å². The van der Waals surface area contributed by atoms with Crippen molar-refractivity contribution in [2.24, 2.45) is 0 Å². The number of nitrogens with one attached hydrogen (secondary N) is 1. The van der Waals surface area contributed by atoms with E-state index in [1.807, 2.05) is 32.9 Å². The van der Waals surface area contributed by atoms with Gasteiger partial charge >= 0.3 is 0 Å². The molecule has 1 heterocycles. The number of hydrogen-bond acceptors (Lipinski definition) is 6. The van der Waals surface area contributed by atoms with Gasteiger partial charge in [0.25, 0.3) is 5.91 Å². The maximum Gasteiger partial charge on any atom is 0.264 e. The summed E-state index contributed by atoms with van der Waals surface area (Å²) in [5.41, 5.74) is 1.06.